The summed E-state index contributed by atoms with van der Waals surface area (Å²) in [7, 11) is 0. The highest BCUT2D eigenvalue weighted by Crippen LogP contribution is 2.46. The lowest BCUT2D eigenvalue weighted by Crippen LogP contribution is -2.00. The molecule has 1 aliphatic carbocycles. The predicted octanol–water partition coefficient (Wildman–Crippen LogP) is 8.34. The zero-order valence-electron chi connectivity index (χ0n) is 20.2. The summed E-state index contributed by atoms with van der Waals surface area (Å²) in [6.07, 6.45) is 3.76. The second-order valence-corrected chi connectivity index (χ2v) is 10.4. The van der Waals surface area contributed by atoms with Crippen molar-refractivity contribution in [1.29, 1.82) is 0 Å². The van der Waals surface area contributed by atoms with E-state index in [2.05, 4.69) is 22.0 Å². The fraction of sp³-hybridized carbons (Fsp3) is 0.133. The highest BCUT2D eigenvalue weighted by molar-refractivity contribution is 6.39. The predicted molar refractivity (Wildman–Crippen MR) is 151 cm³/mol. The van der Waals surface area contributed by atoms with Gasteiger partial charge in [0, 0.05) is 45.8 Å². The van der Waals surface area contributed by atoms with Crippen molar-refractivity contribution in [3.05, 3.63) is 104 Å². The van der Waals surface area contributed by atoms with E-state index < -0.39 is 5.97 Å². The van der Waals surface area contributed by atoms with Gasteiger partial charge in [-0.3, -0.25) is 0 Å². The molecule has 0 amide bonds. The van der Waals surface area contributed by atoms with Gasteiger partial charge in [0.1, 0.15) is 23.8 Å². The third kappa shape index (κ3) is 5.09. The largest absolute Gasteiger partial charge is 0.489 e. The van der Waals surface area contributed by atoms with Gasteiger partial charge in [0.05, 0.1) is 26.2 Å². The van der Waals surface area contributed by atoms with Crippen molar-refractivity contribution in [3.8, 4) is 28.8 Å². The summed E-state index contributed by atoms with van der Waals surface area (Å²) in [5.74, 6) is 6.66. The maximum absolute atomic E-state index is 11.7. The molecule has 0 saturated heterocycles. The first-order valence-corrected chi connectivity index (χ1v) is 13.2. The molecule has 6 nitrogen and oxygen atoms in total. The summed E-state index contributed by atoms with van der Waals surface area (Å²) in [5, 5.41) is 15.8. The van der Waals surface area contributed by atoms with Crippen LogP contribution in [0.3, 0.4) is 0 Å². The molecule has 6 rings (SSSR count). The van der Waals surface area contributed by atoms with Crippen LogP contribution in [-0.2, 0) is 6.61 Å². The number of hydrogen-bond donors (Lipinski definition) is 2. The van der Waals surface area contributed by atoms with Crippen LogP contribution < -0.4 is 4.74 Å². The number of carboxylic acids is 1. The fourth-order valence-corrected chi connectivity index (χ4v) is 5.24. The number of fused-ring (bicyclic) bond motifs is 1. The van der Waals surface area contributed by atoms with Gasteiger partial charge in [0.25, 0.3) is 0 Å². The van der Waals surface area contributed by atoms with Crippen LogP contribution in [0, 0.1) is 11.8 Å². The van der Waals surface area contributed by atoms with Gasteiger partial charge < -0.3 is 19.4 Å². The standard InChI is InChI=1S/C30H19Cl3N2O4/c31-23-2-1-3-24(32)27(23)28-22(29(39-35-28)18-6-7-18)15-38-19-9-8-17(25(33)14-19)5-4-16-12-21(30(36)37)20-10-11-34-26(20)13-16/h1-3,8-14,18,34H,6-7,15H2,(H,36,37). The molecular formula is C30H19Cl3N2O4. The minimum atomic E-state index is -1.01. The monoisotopic (exact) mass is 576 g/mol. The van der Waals surface area contributed by atoms with E-state index in [1.807, 2.05) is 0 Å². The second kappa shape index (κ2) is 10.3. The van der Waals surface area contributed by atoms with Gasteiger partial charge in [-0.1, -0.05) is 57.9 Å². The zero-order valence-corrected chi connectivity index (χ0v) is 22.5. The van der Waals surface area contributed by atoms with Crippen molar-refractivity contribution in [2.24, 2.45) is 0 Å². The van der Waals surface area contributed by atoms with Crippen LogP contribution in [0.15, 0.2) is 65.3 Å². The lowest BCUT2D eigenvalue weighted by molar-refractivity contribution is 0.0699. The van der Waals surface area contributed by atoms with E-state index in [4.69, 9.17) is 44.1 Å². The Morgan fingerprint density at radius 2 is 1.85 bits per heavy atom. The molecule has 194 valence electrons. The molecule has 5 aromatic rings. The Kier molecular flexibility index (Phi) is 6.74. The second-order valence-electron chi connectivity index (χ2n) is 9.19. The molecule has 2 aromatic heterocycles. The van der Waals surface area contributed by atoms with Gasteiger partial charge in [-0.2, -0.15) is 0 Å². The van der Waals surface area contributed by atoms with Crippen LogP contribution >= 0.6 is 34.8 Å². The zero-order chi connectivity index (χ0) is 27.1. The van der Waals surface area contributed by atoms with E-state index in [9.17, 15) is 9.90 Å². The lowest BCUT2D eigenvalue weighted by Gasteiger charge is -2.10. The van der Waals surface area contributed by atoms with Crippen molar-refractivity contribution in [2.45, 2.75) is 25.4 Å². The van der Waals surface area contributed by atoms with E-state index in [-0.39, 0.29) is 12.2 Å². The van der Waals surface area contributed by atoms with E-state index in [0.29, 0.717) is 60.0 Å². The smallest absolute Gasteiger partial charge is 0.336 e. The molecule has 1 aliphatic rings. The molecule has 2 heterocycles. The van der Waals surface area contributed by atoms with Gasteiger partial charge in [0.15, 0.2) is 0 Å². The molecule has 0 spiro atoms. The molecule has 0 atom stereocenters. The SMILES string of the molecule is O=C(O)c1cc(C#Cc2ccc(OCc3c(-c4c(Cl)cccc4Cl)noc3C3CC3)cc2Cl)cc2[nH]ccc12. The average molecular weight is 578 g/mol. The molecule has 9 heteroatoms. The normalized spacial score (nSPS) is 12.8. The number of nitrogens with one attached hydrogen (secondary N) is 1. The number of H-pyrrole nitrogens is 1. The number of aromatic amines is 1. The molecule has 0 unspecified atom stereocenters. The number of carboxylic acid groups (broad SMARTS) is 1. The summed E-state index contributed by atoms with van der Waals surface area (Å²) >= 11 is 19.4. The van der Waals surface area contributed by atoms with Crippen LogP contribution in [-0.4, -0.2) is 21.2 Å². The summed E-state index contributed by atoms with van der Waals surface area (Å²) in [5.41, 5.74) is 4.02. The Bertz CT molecular complexity index is 1790. The van der Waals surface area contributed by atoms with E-state index in [1.54, 1.807) is 60.8 Å². The molecule has 1 fully saturated rings. The van der Waals surface area contributed by atoms with Crippen LogP contribution in [0.25, 0.3) is 22.2 Å². The van der Waals surface area contributed by atoms with Crippen molar-refractivity contribution < 1.29 is 19.2 Å². The number of nitrogens with zero attached hydrogens (tertiary/aromatic N) is 1. The fourth-order valence-electron chi connectivity index (χ4n) is 4.45. The van der Waals surface area contributed by atoms with Crippen molar-refractivity contribution in [2.75, 3.05) is 0 Å². The van der Waals surface area contributed by atoms with Gasteiger partial charge in [0.2, 0.25) is 0 Å². The number of benzene rings is 3. The maximum atomic E-state index is 11.7. The number of carbonyl (C=O) groups is 1. The minimum absolute atomic E-state index is 0.185. The van der Waals surface area contributed by atoms with Gasteiger partial charge in [-0.05, 0) is 55.3 Å². The molecule has 1 saturated carbocycles. The highest BCUT2D eigenvalue weighted by atomic mass is 35.5. The first-order chi connectivity index (χ1) is 18.9. The summed E-state index contributed by atoms with van der Waals surface area (Å²) < 4.78 is 11.8. The van der Waals surface area contributed by atoms with Crippen molar-refractivity contribution in [1.82, 2.24) is 10.1 Å². The first-order valence-electron chi connectivity index (χ1n) is 12.1. The Morgan fingerprint density at radius 1 is 1.05 bits per heavy atom. The lowest BCUT2D eigenvalue weighted by atomic mass is 10.0. The quantitative estimate of drug-likeness (QED) is 0.198. The Balaban J connectivity index is 1.25. The minimum Gasteiger partial charge on any atom is -0.489 e. The summed E-state index contributed by atoms with van der Waals surface area (Å²) in [4.78, 5) is 14.7. The summed E-state index contributed by atoms with van der Waals surface area (Å²) in [6.45, 7) is 0.196. The summed E-state index contributed by atoms with van der Waals surface area (Å²) in [6, 6.07) is 15.6. The topological polar surface area (TPSA) is 88.3 Å². The average Bonchev–Trinajstić information content (AvgIpc) is 3.49. The molecule has 0 aliphatic heterocycles. The van der Waals surface area contributed by atoms with Crippen LogP contribution in [0.4, 0.5) is 0 Å². The number of aromatic nitrogens is 2. The molecular weight excluding hydrogens is 559 g/mol. The first kappa shape index (κ1) is 25.4. The molecule has 2 N–H and O–H groups in total. The molecule has 39 heavy (non-hydrogen) atoms. The maximum Gasteiger partial charge on any atom is 0.336 e. The molecule has 3 aromatic carbocycles. The van der Waals surface area contributed by atoms with Gasteiger partial charge in [-0.25, -0.2) is 4.79 Å². The van der Waals surface area contributed by atoms with Crippen molar-refractivity contribution in [3.63, 3.8) is 0 Å². The Morgan fingerprint density at radius 3 is 2.56 bits per heavy atom. The molecule has 0 bridgehead atoms. The van der Waals surface area contributed by atoms with Crippen LogP contribution in [0.2, 0.25) is 15.1 Å². The number of rotatable bonds is 6. The number of hydrogen-bond acceptors (Lipinski definition) is 4. The highest BCUT2D eigenvalue weighted by Gasteiger charge is 2.33. The molecule has 0 radical (unpaired) electrons. The number of halogens is 3. The third-order valence-corrected chi connectivity index (χ3v) is 7.47. The van der Waals surface area contributed by atoms with Gasteiger partial charge >= 0.3 is 5.97 Å². The Labute approximate surface area is 238 Å². The third-order valence-electron chi connectivity index (χ3n) is 6.53. The number of ether oxygens (including phenoxy) is 1. The van der Waals surface area contributed by atoms with Crippen LogP contribution in [0.1, 0.15) is 51.6 Å². The van der Waals surface area contributed by atoms with Crippen LogP contribution in [0.5, 0.6) is 5.75 Å². The van der Waals surface area contributed by atoms with Gasteiger partial charge in [-0.15, -0.1) is 0 Å². The van der Waals surface area contributed by atoms with E-state index in [1.165, 1.54) is 0 Å². The van der Waals surface area contributed by atoms with E-state index in [0.717, 1.165) is 24.2 Å². The Hall–Kier alpha value is -3.89. The van der Waals surface area contributed by atoms with E-state index >= 15 is 0 Å². The number of aromatic carboxylic acids is 1. The van der Waals surface area contributed by atoms with Crippen molar-refractivity contribution >= 4 is 51.7 Å².